The Labute approximate surface area is 194 Å². The van der Waals surface area contributed by atoms with E-state index in [1.165, 1.54) is 31.2 Å². The number of nitrogens with zero attached hydrogens (tertiary/aromatic N) is 4. The number of piperidine rings is 1. The molecule has 0 radical (unpaired) electrons. The van der Waals surface area contributed by atoms with Crippen molar-refractivity contribution in [3.8, 4) is 11.5 Å². The van der Waals surface area contributed by atoms with Crippen molar-refractivity contribution in [1.82, 2.24) is 20.4 Å². The van der Waals surface area contributed by atoms with Crippen LogP contribution in [0.1, 0.15) is 62.3 Å². The summed E-state index contributed by atoms with van der Waals surface area (Å²) in [5, 5.41) is 9.25. The predicted molar refractivity (Wildman–Crippen MR) is 129 cm³/mol. The highest BCUT2D eigenvalue weighted by Crippen LogP contribution is 2.40. The van der Waals surface area contributed by atoms with E-state index in [2.05, 4.69) is 46.6 Å². The van der Waals surface area contributed by atoms with Gasteiger partial charge in [0.05, 0.1) is 17.2 Å². The topological polar surface area (TPSA) is 76.3 Å². The van der Waals surface area contributed by atoms with Gasteiger partial charge in [-0.3, -0.25) is 0 Å². The molecule has 1 N–H and O–H groups in total. The van der Waals surface area contributed by atoms with Crippen LogP contribution in [0.2, 0.25) is 0 Å². The number of aromatic nitrogens is 3. The molecule has 3 fully saturated rings. The number of hydrogen-bond donors (Lipinski definition) is 1. The molecule has 3 aromatic rings. The lowest BCUT2D eigenvalue weighted by Crippen LogP contribution is -2.55. The van der Waals surface area contributed by atoms with Crippen molar-refractivity contribution >= 4 is 16.7 Å². The SMILES string of the molecule is CO[C@@H]1CN(c2nc3ccc(C)cc3cc2-c2nc(C3CC3)no2)CC[C@@H]1NC1CCCC1. The van der Waals surface area contributed by atoms with E-state index < -0.39 is 0 Å². The number of ether oxygens (including phenoxy) is 1. The predicted octanol–water partition coefficient (Wildman–Crippen LogP) is 4.60. The molecule has 3 aliphatic rings. The molecule has 0 bridgehead atoms. The second-order valence-corrected chi connectivity index (χ2v) is 10.1. The number of hydrogen-bond acceptors (Lipinski definition) is 7. The number of anilines is 1. The van der Waals surface area contributed by atoms with Gasteiger partial charge in [-0.1, -0.05) is 29.6 Å². The normalized spacial score (nSPS) is 24.1. The highest BCUT2D eigenvalue weighted by molar-refractivity contribution is 5.88. The number of nitrogens with one attached hydrogen (secondary N) is 1. The van der Waals surface area contributed by atoms with Gasteiger partial charge in [-0.2, -0.15) is 4.98 Å². The average Bonchev–Trinajstić information content (AvgIpc) is 3.33. The fourth-order valence-corrected chi connectivity index (χ4v) is 5.47. The van der Waals surface area contributed by atoms with E-state index in [0.717, 1.165) is 60.5 Å². The molecule has 2 saturated carbocycles. The van der Waals surface area contributed by atoms with E-state index in [-0.39, 0.29) is 6.10 Å². The summed E-state index contributed by atoms with van der Waals surface area (Å²) in [4.78, 5) is 12.2. The van der Waals surface area contributed by atoms with Gasteiger partial charge >= 0.3 is 0 Å². The lowest BCUT2D eigenvalue weighted by Gasteiger charge is -2.40. The fraction of sp³-hybridized carbons (Fsp3) is 0.577. The summed E-state index contributed by atoms with van der Waals surface area (Å²) in [5.41, 5.74) is 3.12. The number of aryl methyl sites for hydroxylation is 1. The first-order valence-corrected chi connectivity index (χ1v) is 12.5. The van der Waals surface area contributed by atoms with Crippen LogP contribution in [0.4, 0.5) is 5.82 Å². The van der Waals surface area contributed by atoms with E-state index in [1.54, 1.807) is 0 Å². The standard InChI is InChI=1S/C26H33N5O2/c1-16-7-10-21-18(13-16)14-20(26-29-24(30-33-26)17-8-9-17)25(28-21)31-12-11-22(23(15-31)32-2)27-19-5-3-4-6-19/h7,10,13-14,17,19,22-23,27H,3-6,8-9,11-12,15H2,1-2H3/t22-,23+/m0/s1. The minimum absolute atomic E-state index is 0.118. The van der Waals surface area contributed by atoms with Crippen LogP contribution in [0.3, 0.4) is 0 Å². The van der Waals surface area contributed by atoms with Crippen molar-refractivity contribution in [2.45, 2.75) is 76.0 Å². The second-order valence-electron chi connectivity index (χ2n) is 10.1. The largest absolute Gasteiger partial charge is 0.378 e. The molecule has 7 heteroatoms. The fourth-order valence-electron chi connectivity index (χ4n) is 5.47. The van der Waals surface area contributed by atoms with Gasteiger partial charge in [0.1, 0.15) is 5.82 Å². The van der Waals surface area contributed by atoms with Crippen LogP contribution in [0.25, 0.3) is 22.4 Å². The summed E-state index contributed by atoms with van der Waals surface area (Å²) < 4.78 is 11.7. The van der Waals surface area contributed by atoms with E-state index in [9.17, 15) is 0 Å². The van der Waals surface area contributed by atoms with Crippen molar-refractivity contribution in [2.75, 3.05) is 25.1 Å². The number of benzene rings is 1. The Morgan fingerprint density at radius 3 is 2.70 bits per heavy atom. The van der Waals surface area contributed by atoms with Gasteiger partial charge in [-0.15, -0.1) is 0 Å². The maximum absolute atomic E-state index is 5.98. The van der Waals surface area contributed by atoms with Crippen LogP contribution in [0, 0.1) is 6.92 Å². The number of pyridine rings is 1. The Morgan fingerprint density at radius 2 is 1.91 bits per heavy atom. The van der Waals surface area contributed by atoms with Crippen LogP contribution in [0.15, 0.2) is 28.8 Å². The summed E-state index contributed by atoms with van der Waals surface area (Å²) in [5.74, 6) is 2.77. The van der Waals surface area contributed by atoms with E-state index in [4.69, 9.17) is 19.2 Å². The minimum atomic E-state index is 0.118. The Kier molecular flexibility index (Phi) is 5.54. The summed E-state index contributed by atoms with van der Waals surface area (Å²) in [7, 11) is 1.83. The van der Waals surface area contributed by atoms with E-state index in [1.807, 2.05) is 7.11 Å². The Balaban J connectivity index is 1.33. The monoisotopic (exact) mass is 447 g/mol. The maximum atomic E-state index is 5.98. The molecule has 0 unspecified atom stereocenters. The molecular formula is C26H33N5O2. The van der Waals surface area contributed by atoms with Crippen LogP contribution in [-0.2, 0) is 4.74 Å². The lowest BCUT2D eigenvalue weighted by atomic mass is 9.99. The van der Waals surface area contributed by atoms with Gasteiger partial charge in [-0.05, 0) is 57.2 Å². The average molecular weight is 448 g/mol. The number of fused-ring (bicyclic) bond motifs is 1. The quantitative estimate of drug-likeness (QED) is 0.592. The highest BCUT2D eigenvalue weighted by Gasteiger charge is 2.34. The number of methoxy groups -OCH3 is 1. The summed E-state index contributed by atoms with van der Waals surface area (Å²) in [6.45, 7) is 3.82. The van der Waals surface area contributed by atoms with E-state index >= 15 is 0 Å². The zero-order valence-corrected chi connectivity index (χ0v) is 19.6. The van der Waals surface area contributed by atoms with Crippen molar-refractivity contribution < 1.29 is 9.26 Å². The Bertz CT molecular complexity index is 1130. The van der Waals surface area contributed by atoms with Gasteiger partial charge < -0.3 is 19.5 Å². The molecule has 6 rings (SSSR count). The summed E-state index contributed by atoms with van der Waals surface area (Å²) in [6, 6.07) is 9.57. The molecule has 3 heterocycles. The minimum Gasteiger partial charge on any atom is -0.378 e. The third kappa shape index (κ3) is 4.24. The zero-order valence-electron chi connectivity index (χ0n) is 19.6. The zero-order chi connectivity index (χ0) is 22.4. The molecule has 33 heavy (non-hydrogen) atoms. The van der Waals surface area contributed by atoms with Gasteiger partial charge in [-0.25, -0.2) is 4.98 Å². The van der Waals surface area contributed by atoms with Crippen LogP contribution in [0.5, 0.6) is 0 Å². The van der Waals surface area contributed by atoms with Crippen molar-refractivity contribution in [3.05, 3.63) is 35.7 Å². The van der Waals surface area contributed by atoms with Gasteiger partial charge in [0.25, 0.3) is 5.89 Å². The molecule has 1 aromatic carbocycles. The molecule has 174 valence electrons. The Hall–Kier alpha value is -2.51. The van der Waals surface area contributed by atoms with Crippen LogP contribution in [-0.4, -0.2) is 53.5 Å². The third-order valence-electron chi connectivity index (χ3n) is 7.53. The summed E-state index contributed by atoms with van der Waals surface area (Å²) >= 11 is 0. The first kappa shape index (κ1) is 21.1. The van der Waals surface area contributed by atoms with Gasteiger partial charge in [0.2, 0.25) is 0 Å². The highest BCUT2D eigenvalue weighted by atomic mass is 16.5. The lowest BCUT2D eigenvalue weighted by molar-refractivity contribution is 0.0558. The molecule has 1 aliphatic heterocycles. The molecule has 0 amide bonds. The third-order valence-corrected chi connectivity index (χ3v) is 7.53. The van der Waals surface area contributed by atoms with Crippen molar-refractivity contribution in [1.29, 1.82) is 0 Å². The van der Waals surface area contributed by atoms with Crippen molar-refractivity contribution in [3.63, 3.8) is 0 Å². The molecule has 0 spiro atoms. The second kappa shape index (κ2) is 8.69. The Morgan fingerprint density at radius 1 is 1.06 bits per heavy atom. The summed E-state index contributed by atoms with van der Waals surface area (Å²) in [6.07, 6.45) is 8.69. The molecule has 2 aromatic heterocycles. The molecule has 2 aliphatic carbocycles. The molecular weight excluding hydrogens is 414 g/mol. The first-order chi connectivity index (χ1) is 16.2. The smallest absolute Gasteiger partial charge is 0.261 e. The molecule has 7 nitrogen and oxygen atoms in total. The molecule has 2 atom stereocenters. The van der Waals surface area contributed by atoms with Crippen molar-refractivity contribution in [2.24, 2.45) is 0 Å². The number of rotatable bonds is 6. The van der Waals surface area contributed by atoms with Crippen LogP contribution >= 0.6 is 0 Å². The van der Waals surface area contributed by atoms with Gasteiger partial charge in [0, 0.05) is 43.6 Å². The van der Waals surface area contributed by atoms with Gasteiger partial charge in [0.15, 0.2) is 5.82 Å². The van der Waals surface area contributed by atoms with Crippen LogP contribution < -0.4 is 10.2 Å². The first-order valence-electron chi connectivity index (χ1n) is 12.5. The maximum Gasteiger partial charge on any atom is 0.261 e. The van der Waals surface area contributed by atoms with E-state index in [0.29, 0.717) is 23.9 Å². The molecule has 1 saturated heterocycles.